The zero-order valence-electron chi connectivity index (χ0n) is 9.78. The highest BCUT2D eigenvalue weighted by Crippen LogP contribution is 2.19. The average molecular weight is 226 g/mol. The van der Waals surface area contributed by atoms with Crippen LogP contribution in [0, 0.1) is 5.92 Å². The predicted octanol–water partition coefficient (Wildman–Crippen LogP) is 0.799. The van der Waals surface area contributed by atoms with Crippen molar-refractivity contribution in [2.75, 3.05) is 13.2 Å². The molecule has 3 N–H and O–H groups in total. The van der Waals surface area contributed by atoms with Crippen molar-refractivity contribution in [3.05, 3.63) is 0 Å². The maximum Gasteiger partial charge on any atom is 0.223 e. The third kappa shape index (κ3) is 2.95. The van der Waals surface area contributed by atoms with Gasteiger partial charge in [0.1, 0.15) is 0 Å². The molecule has 1 saturated heterocycles. The first-order valence-electron chi connectivity index (χ1n) is 6.41. The minimum absolute atomic E-state index is 0.142. The fourth-order valence-electron chi connectivity index (χ4n) is 2.60. The van der Waals surface area contributed by atoms with E-state index in [2.05, 4.69) is 5.32 Å². The number of amides is 1. The van der Waals surface area contributed by atoms with Crippen molar-refractivity contribution < 1.29 is 9.53 Å². The fraction of sp³-hybridized carbons (Fsp3) is 0.917. The van der Waals surface area contributed by atoms with Crippen LogP contribution in [0.3, 0.4) is 0 Å². The molecule has 2 atom stereocenters. The first kappa shape index (κ1) is 11.9. The molecule has 0 unspecified atom stereocenters. The number of carbonyl (C=O) groups is 1. The Labute approximate surface area is 96.9 Å². The Morgan fingerprint density at radius 3 is 2.50 bits per heavy atom. The molecule has 2 rings (SSSR count). The van der Waals surface area contributed by atoms with Crippen LogP contribution in [0.2, 0.25) is 0 Å². The van der Waals surface area contributed by atoms with Crippen molar-refractivity contribution in [3.63, 3.8) is 0 Å². The van der Waals surface area contributed by atoms with Crippen LogP contribution in [0.4, 0.5) is 0 Å². The molecule has 0 radical (unpaired) electrons. The molecule has 4 heteroatoms. The molecule has 0 aromatic carbocycles. The number of nitrogens with two attached hydrogens (primary N) is 1. The van der Waals surface area contributed by atoms with Gasteiger partial charge in [-0.25, -0.2) is 0 Å². The van der Waals surface area contributed by atoms with Crippen molar-refractivity contribution in [3.8, 4) is 0 Å². The molecule has 1 heterocycles. The first-order chi connectivity index (χ1) is 7.77. The monoisotopic (exact) mass is 226 g/mol. The first-order valence-corrected chi connectivity index (χ1v) is 6.41. The van der Waals surface area contributed by atoms with Gasteiger partial charge < -0.3 is 15.8 Å². The largest absolute Gasteiger partial charge is 0.381 e. The van der Waals surface area contributed by atoms with E-state index < -0.39 is 0 Å². The SMILES string of the molecule is N[C@@H]1CCCC[C@H]1NC(=O)C1CCOCC1. The quantitative estimate of drug-likeness (QED) is 0.732. The van der Waals surface area contributed by atoms with Crippen LogP contribution in [0.15, 0.2) is 0 Å². The fourth-order valence-corrected chi connectivity index (χ4v) is 2.60. The lowest BCUT2D eigenvalue weighted by atomic mass is 9.90. The van der Waals surface area contributed by atoms with Gasteiger partial charge in [0.05, 0.1) is 0 Å². The summed E-state index contributed by atoms with van der Waals surface area (Å²) in [5, 5.41) is 3.12. The van der Waals surface area contributed by atoms with Gasteiger partial charge in [-0.1, -0.05) is 12.8 Å². The predicted molar refractivity (Wildman–Crippen MR) is 61.9 cm³/mol. The highest BCUT2D eigenvalue weighted by atomic mass is 16.5. The Morgan fingerprint density at radius 2 is 1.81 bits per heavy atom. The van der Waals surface area contributed by atoms with E-state index in [0.29, 0.717) is 0 Å². The van der Waals surface area contributed by atoms with Gasteiger partial charge in [0.2, 0.25) is 5.91 Å². The van der Waals surface area contributed by atoms with Crippen LogP contribution in [0.1, 0.15) is 38.5 Å². The lowest BCUT2D eigenvalue weighted by Crippen LogP contribution is -2.51. The van der Waals surface area contributed by atoms with Crippen molar-refractivity contribution in [1.29, 1.82) is 0 Å². The van der Waals surface area contributed by atoms with Crippen LogP contribution in [0.25, 0.3) is 0 Å². The normalized spacial score (nSPS) is 32.3. The molecule has 0 aromatic heterocycles. The maximum atomic E-state index is 12.0. The molecule has 1 aliphatic heterocycles. The van der Waals surface area contributed by atoms with Gasteiger partial charge in [-0.3, -0.25) is 4.79 Å². The summed E-state index contributed by atoms with van der Waals surface area (Å²) in [6.07, 6.45) is 6.17. The highest BCUT2D eigenvalue weighted by Gasteiger charge is 2.27. The molecule has 0 bridgehead atoms. The minimum Gasteiger partial charge on any atom is -0.381 e. The number of hydrogen-bond donors (Lipinski definition) is 2. The summed E-state index contributed by atoms with van der Waals surface area (Å²) in [5.74, 6) is 0.327. The lowest BCUT2D eigenvalue weighted by molar-refractivity contribution is -0.128. The maximum absolute atomic E-state index is 12.0. The summed E-state index contributed by atoms with van der Waals surface area (Å²) >= 11 is 0. The van der Waals surface area contributed by atoms with Crippen LogP contribution >= 0.6 is 0 Å². The van der Waals surface area contributed by atoms with Gasteiger partial charge >= 0.3 is 0 Å². The summed E-state index contributed by atoms with van der Waals surface area (Å²) < 4.78 is 5.26. The molecule has 2 fully saturated rings. The zero-order chi connectivity index (χ0) is 11.4. The van der Waals surface area contributed by atoms with E-state index in [1.165, 1.54) is 12.8 Å². The molecule has 16 heavy (non-hydrogen) atoms. The van der Waals surface area contributed by atoms with E-state index in [4.69, 9.17) is 10.5 Å². The number of rotatable bonds is 2. The molecule has 0 spiro atoms. The Bertz CT molecular complexity index is 239. The van der Waals surface area contributed by atoms with Crippen molar-refractivity contribution in [2.24, 2.45) is 11.7 Å². The molecule has 4 nitrogen and oxygen atoms in total. The topological polar surface area (TPSA) is 64.3 Å². The second-order valence-electron chi connectivity index (χ2n) is 4.95. The molecular weight excluding hydrogens is 204 g/mol. The summed E-state index contributed by atoms with van der Waals surface area (Å²) in [7, 11) is 0. The third-order valence-electron chi connectivity index (χ3n) is 3.74. The van der Waals surface area contributed by atoms with E-state index in [9.17, 15) is 4.79 Å². The van der Waals surface area contributed by atoms with Gasteiger partial charge in [0.15, 0.2) is 0 Å². The van der Waals surface area contributed by atoms with Gasteiger partial charge in [-0.2, -0.15) is 0 Å². The summed E-state index contributed by atoms with van der Waals surface area (Å²) in [6, 6.07) is 0.349. The highest BCUT2D eigenvalue weighted by molar-refractivity contribution is 5.79. The Balaban J connectivity index is 1.80. The average Bonchev–Trinajstić information content (AvgIpc) is 2.33. The number of hydrogen-bond acceptors (Lipinski definition) is 3. The zero-order valence-corrected chi connectivity index (χ0v) is 9.78. The van der Waals surface area contributed by atoms with Crippen LogP contribution in [0.5, 0.6) is 0 Å². The lowest BCUT2D eigenvalue weighted by Gasteiger charge is -2.31. The Kier molecular flexibility index (Phi) is 4.18. The second-order valence-corrected chi connectivity index (χ2v) is 4.95. The number of ether oxygens (including phenoxy) is 1. The van der Waals surface area contributed by atoms with Crippen LogP contribution in [-0.4, -0.2) is 31.2 Å². The van der Waals surface area contributed by atoms with E-state index in [-0.39, 0.29) is 23.9 Å². The molecule has 1 aliphatic carbocycles. The second kappa shape index (κ2) is 5.64. The van der Waals surface area contributed by atoms with Crippen molar-refractivity contribution in [2.45, 2.75) is 50.6 Å². The van der Waals surface area contributed by atoms with Gasteiger partial charge in [0.25, 0.3) is 0 Å². The third-order valence-corrected chi connectivity index (χ3v) is 3.74. The minimum atomic E-state index is 0.142. The number of carbonyl (C=O) groups excluding carboxylic acids is 1. The molecule has 1 amide bonds. The smallest absolute Gasteiger partial charge is 0.223 e. The van der Waals surface area contributed by atoms with Gasteiger partial charge in [-0.15, -0.1) is 0 Å². The molecule has 0 aromatic rings. The van der Waals surface area contributed by atoms with Crippen molar-refractivity contribution in [1.82, 2.24) is 5.32 Å². The molecule has 2 aliphatic rings. The standard InChI is InChI=1S/C12H22N2O2/c13-10-3-1-2-4-11(10)14-12(15)9-5-7-16-8-6-9/h9-11H,1-8,13H2,(H,14,15)/t10-,11-/m1/s1. The summed E-state index contributed by atoms with van der Waals surface area (Å²) in [5.41, 5.74) is 6.02. The van der Waals surface area contributed by atoms with E-state index in [1.807, 2.05) is 0 Å². The van der Waals surface area contributed by atoms with Gasteiger partial charge in [-0.05, 0) is 25.7 Å². The summed E-state index contributed by atoms with van der Waals surface area (Å²) in [4.78, 5) is 12.0. The van der Waals surface area contributed by atoms with Crippen LogP contribution < -0.4 is 11.1 Å². The van der Waals surface area contributed by atoms with E-state index in [1.54, 1.807) is 0 Å². The van der Waals surface area contributed by atoms with E-state index >= 15 is 0 Å². The Hall–Kier alpha value is -0.610. The van der Waals surface area contributed by atoms with E-state index in [0.717, 1.165) is 38.9 Å². The number of nitrogens with one attached hydrogen (secondary N) is 1. The van der Waals surface area contributed by atoms with Crippen molar-refractivity contribution >= 4 is 5.91 Å². The van der Waals surface area contributed by atoms with Gasteiger partial charge in [0, 0.05) is 31.2 Å². The molecule has 1 saturated carbocycles. The Morgan fingerprint density at radius 1 is 1.12 bits per heavy atom. The molecule has 92 valence electrons. The van der Waals surface area contributed by atoms with Crippen LogP contribution in [-0.2, 0) is 9.53 Å². The molecular formula is C12H22N2O2. The summed E-state index contributed by atoms with van der Waals surface area (Å²) in [6.45, 7) is 1.43.